The number of carbonyl (C=O) groups excluding carboxylic acids is 4. The van der Waals surface area contributed by atoms with E-state index in [0.717, 1.165) is 98.6 Å². The van der Waals surface area contributed by atoms with Gasteiger partial charge in [0, 0.05) is 59.4 Å². The number of Topliss-reactive ketones (excluding diaryl/α,β-unsaturated/α-hetero) is 2. The predicted octanol–water partition coefficient (Wildman–Crippen LogP) is 16.8. The number of nitrogens with two attached hydrogens (primary N) is 2. The Bertz CT molecular complexity index is 2830. The van der Waals surface area contributed by atoms with E-state index in [0.29, 0.717) is 12.8 Å². The molecule has 4 amide bonds. The highest BCUT2D eigenvalue weighted by atomic mass is 16.7. The molecular formula is C70H100N8O10. The SMILES string of the molecule is CCCCCCCCCCCCN(CC1=C(C(C)c2ccc(C(C)(C)C)cc2)C(=O)C(CN(CCCCCCCCCCCC)C(=O)NOc2cc([N+](=O)[O-])ccc2N)=C(C(C)c2ccc(C(C)(C)C)cc2)C1=O)C(=O)NOc1cc([N+](=O)[O-])ccc1N. The number of allylic oxidation sites excluding steroid dienone is 2. The number of nitro groups is 2. The van der Waals surface area contributed by atoms with Crippen LogP contribution in [-0.2, 0) is 20.4 Å². The second-order valence-corrected chi connectivity index (χ2v) is 25.8. The summed E-state index contributed by atoms with van der Waals surface area (Å²) in [7, 11) is 0. The highest BCUT2D eigenvalue weighted by molar-refractivity contribution is 6.26. The van der Waals surface area contributed by atoms with E-state index in [9.17, 15) is 29.8 Å². The maximum atomic E-state index is 16.4. The van der Waals surface area contributed by atoms with Crippen molar-refractivity contribution in [3.05, 3.63) is 150 Å². The molecule has 1 aliphatic carbocycles. The molecule has 0 saturated heterocycles. The van der Waals surface area contributed by atoms with Crippen LogP contribution >= 0.6 is 0 Å². The third-order valence-electron chi connectivity index (χ3n) is 16.9. The first kappa shape index (κ1) is 71.0. The van der Waals surface area contributed by atoms with Crippen LogP contribution in [0.5, 0.6) is 11.5 Å². The van der Waals surface area contributed by atoms with Crippen molar-refractivity contribution in [3.63, 3.8) is 0 Å². The van der Waals surface area contributed by atoms with Gasteiger partial charge in [-0.3, -0.25) is 29.8 Å². The molecule has 0 saturated carbocycles. The number of rotatable bonds is 36. The Hall–Kier alpha value is -7.76. The van der Waals surface area contributed by atoms with E-state index in [4.69, 9.17) is 21.1 Å². The molecule has 2 atom stereocenters. The Labute approximate surface area is 522 Å². The van der Waals surface area contributed by atoms with Gasteiger partial charge in [0.1, 0.15) is 0 Å². The van der Waals surface area contributed by atoms with Gasteiger partial charge in [0.2, 0.25) is 0 Å². The molecule has 480 valence electrons. The lowest BCUT2D eigenvalue weighted by Gasteiger charge is -2.34. The molecule has 5 rings (SSSR count). The van der Waals surface area contributed by atoms with Crippen molar-refractivity contribution in [2.24, 2.45) is 0 Å². The summed E-state index contributed by atoms with van der Waals surface area (Å²) < 4.78 is 0. The molecule has 0 fully saturated rings. The van der Waals surface area contributed by atoms with Crippen molar-refractivity contribution < 1.29 is 38.7 Å². The average molecular weight is 1210 g/mol. The number of hydrogen-bond acceptors (Lipinski definition) is 12. The van der Waals surface area contributed by atoms with Crippen molar-refractivity contribution in [1.29, 1.82) is 0 Å². The van der Waals surface area contributed by atoms with Crippen LogP contribution in [-0.4, -0.2) is 69.5 Å². The number of carbonyl (C=O) groups is 4. The minimum absolute atomic E-state index is 0.0407. The summed E-state index contributed by atoms with van der Waals surface area (Å²) in [6.45, 7) is 20.5. The van der Waals surface area contributed by atoms with Crippen LogP contribution in [0.25, 0.3) is 0 Å². The van der Waals surface area contributed by atoms with Crippen molar-refractivity contribution >= 4 is 46.4 Å². The lowest BCUT2D eigenvalue weighted by molar-refractivity contribution is -0.385. The number of non-ortho nitro benzene ring substituents is 2. The van der Waals surface area contributed by atoms with Crippen LogP contribution in [0.2, 0.25) is 0 Å². The van der Waals surface area contributed by atoms with Crippen LogP contribution < -0.4 is 32.1 Å². The fourth-order valence-corrected chi connectivity index (χ4v) is 11.2. The molecule has 0 radical (unpaired) electrons. The molecule has 2 unspecified atom stereocenters. The summed E-state index contributed by atoms with van der Waals surface area (Å²) in [4.78, 5) is 99.0. The van der Waals surface area contributed by atoms with E-state index >= 15 is 9.59 Å². The van der Waals surface area contributed by atoms with Crippen LogP contribution in [0, 0.1) is 20.2 Å². The zero-order valence-electron chi connectivity index (χ0n) is 54.2. The molecule has 0 aromatic heterocycles. The molecule has 88 heavy (non-hydrogen) atoms. The second kappa shape index (κ2) is 34.7. The van der Waals surface area contributed by atoms with Crippen LogP contribution in [0.3, 0.4) is 0 Å². The molecular weight excluding hydrogens is 1110 g/mol. The van der Waals surface area contributed by atoms with Crippen molar-refractivity contribution in [2.45, 2.75) is 220 Å². The molecule has 0 bridgehead atoms. The van der Waals surface area contributed by atoms with Gasteiger partial charge in [-0.25, -0.2) is 9.59 Å². The van der Waals surface area contributed by atoms with Gasteiger partial charge in [-0.1, -0.05) is 233 Å². The zero-order valence-corrected chi connectivity index (χ0v) is 54.2. The van der Waals surface area contributed by atoms with Crippen molar-refractivity contribution in [1.82, 2.24) is 20.8 Å². The van der Waals surface area contributed by atoms with Crippen molar-refractivity contribution in [3.8, 4) is 11.5 Å². The monoisotopic (exact) mass is 1210 g/mol. The predicted molar refractivity (Wildman–Crippen MR) is 351 cm³/mol. The largest absolute Gasteiger partial charge is 0.396 e. The highest BCUT2D eigenvalue weighted by Crippen LogP contribution is 2.42. The van der Waals surface area contributed by atoms with E-state index in [1.54, 1.807) is 0 Å². The molecule has 18 heteroatoms. The van der Waals surface area contributed by atoms with Crippen molar-refractivity contribution in [2.75, 3.05) is 37.6 Å². The lowest BCUT2D eigenvalue weighted by atomic mass is 9.72. The number of amides is 4. The minimum Gasteiger partial charge on any atom is -0.396 e. The number of anilines is 2. The maximum absolute atomic E-state index is 16.4. The van der Waals surface area contributed by atoms with Gasteiger partial charge in [0.15, 0.2) is 23.1 Å². The molecule has 0 spiro atoms. The second-order valence-electron chi connectivity index (χ2n) is 25.8. The number of ketones is 2. The maximum Gasteiger partial charge on any atom is 0.350 e. The third kappa shape index (κ3) is 21.2. The van der Waals surface area contributed by atoms with Gasteiger partial charge in [-0.2, -0.15) is 11.0 Å². The number of nitro benzene ring substituents is 2. The normalized spacial score (nSPS) is 13.5. The average Bonchev–Trinajstić information content (AvgIpc) is 1.34. The third-order valence-corrected chi connectivity index (χ3v) is 16.9. The first-order chi connectivity index (χ1) is 41.9. The molecule has 18 nitrogen and oxygen atoms in total. The molecule has 6 N–H and O–H groups in total. The van der Waals surface area contributed by atoms with E-state index in [-0.39, 0.29) is 93.5 Å². The summed E-state index contributed by atoms with van der Waals surface area (Å²) in [5.41, 5.74) is 20.5. The topological polar surface area (TPSA) is 256 Å². The Kier molecular flexibility index (Phi) is 28.0. The number of hydroxylamine groups is 2. The number of nitrogens with one attached hydrogen (secondary N) is 2. The Morgan fingerprint density at radius 2 is 0.784 bits per heavy atom. The fourth-order valence-electron chi connectivity index (χ4n) is 11.2. The quantitative estimate of drug-likeness (QED) is 0.0109. The van der Waals surface area contributed by atoms with Gasteiger partial charge in [0.05, 0.1) is 46.4 Å². The first-order valence-electron chi connectivity index (χ1n) is 32.1. The van der Waals surface area contributed by atoms with E-state index in [2.05, 4.69) is 66.4 Å². The van der Waals surface area contributed by atoms with Gasteiger partial charge in [-0.05, 0) is 58.1 Å². The Morgan fingerprint density at radius 3 is 1.07 bits per heavy atom. The summed E-state index contributed by atoms with van der Waals surface area (Å²) in [5, 5.41) is 23.6. The van der Waals surface area contributed by atoms with Crippen LogP contribution in [0.1, 0.15) is 232 Å². The number of nitrogens with zero attached hydrogens (tertiary/aromatic N) is 4. The Morgan fingerprint density at radius 1 is 0.489 bits per heavy atom. The number of hydrogen-bond donors (Lipinski definition) is 4. The smallest absolute Gasteiger partial charge is 0.350 e. The van der Waals surface area contributed by atoms with Gasteiger partial charge >= 0.3 is 12.1 Å². The highest BCUT2D eigenvalue weighted by Gasteiger charge is 2.41. The lowest BCUT2D eigenvalue weighted by Crippen LogP contribution is -2.47. The number of urea groups is 2. The summed E-state index contributed by atoms with van der Waals surface area (Å²) in [6.07, 6.45) is 20.7. The van der Waals surface area contributed by atoms with Crippen LogP contribution in [0.4, 0.5) is 32.3 Å². The van der Waals surface area contributed by atoms with Gasteiger partial charge in [-0.15, -0.1) is 0 Å². The standard InChI is InChI=1S/C70H100N8O10/c1-11-13-15-17-19-21-23-25-27-29-43-75(67(81)73-87-61-45-55(77(83)84)39-41-59(61)71)47-57-63(49(3)51-31-35-53(36-32-51)69(5,6)7)66(80)58(64(65(57)79)50(4)52-33-37-54(38-34-52)70(8,9)10)48-76(44-30-28-26-24-22-20-18-16-14-12-2)68(82)74-88-62-46-56(78(85)86)40-42-60(62)72/h31-42,45-46,49-50H,11-30,43-44,47-48,71-72H2,1-10H3,(H,73,81)(H,74,82). The number of nitrogen functional groups attached to an aromatic ring is 2. The van der Waals surface area contributed by atoms with E-state index < -0.39 is 45.3 Å². The summed E-state index contributed by atoms with van der Waals surface area (Å²) in [5.74, 6) is -2.68. The molecule has 4 aromatic rings. The Balaban J connectivity index is 1.66. The molecule has 0 aliphatic heterocycles. The molecule has 4 aromatic carbocycles. The van der Waals surface area contributed by atoms with E-state index in [1.165, 1.54) is 85.4 Å². The summed E-state index contributed by atoms with van der Waals surface area (Å²) in [6, 6.07) is 21.7. The fraction of sp³-hybridized carbons (Fsp3) is 0.543. The summed E-state index contributed by atoms with van der Waals surface area (Å²) >= 11 is 0. The zero-order chi connectivity index (χ0) is 64.6. The minimum atomic E-state index is -0.762. The van der Waals surface area contributed by atoms with Gasteiger partial charge < -0.3 is 30.9 Å². The van der Waals surface area contributed by atoms with Crippen LogP contribution in [0.15, 0.2) is 107 Å². The molecule has 1 aliphatic rings. The number of unbranched alkanes of at least 4 members (excludes halogenated alkanes) is 18. The number of benzene rings is 4. The molecule has 0 heterocycles. The van der Waals surface area contributed by atoms with Gasteiger partial charge in [0.25, 0.3) is 11.4 Å². The van der Waals surface area contributed by atoms with E-state index in [1.807, 2.05) is 62.4 Å². The first-order valence-corrected chi connectivity index (χ1v) is 32.1.